The Morgan fingerprint density at radius 2 is 2.00 bits per heavy atom. The van der Waals surface area contributed by atoms with Crippen LogP contribution in [0.5, 0.6) is 5.88 Å². The molecule has 2 aliphatic rings. The number of ether oxygens (including phenoxy) is 2. The Morgan fingerprint density at radius 3 is 2.70 bits per heavy atom. The van der Waals surface area contributed by atoms with Crippen LogP contribution < -0.4 is 20.7 Å². The number of piperidine rings is 1. The summed E-state index contributed by atoms with van der Waals surface area (Å²) in [5.74, 6) is 0.331. The summed E-state index contributed by atoms with van der Waals surface area (Å²) in [4.78, 5) is 14.6. The van der Waals surface area contributed by atoms with Gasteiger partial charge in [0.1, 0.15) is 11.9 Å². The summed E-state index contributed by atoms with van der Waals surface area (Å²) in [5.41, 5.74) is 4.53. The van der Waals surface area contributed by atoms with E-state index in [1.54, 1.807) is 0 Å². The fourth-order valence-electron chi connectivity index (χ4n) is 3.52. The van der Waals surface area contributed by atoms with Gasteiger partial charge in [0.25, 0.3) is 0 Å². The molecule has 2 saturated heterocycles. The van der Waals surface area contributed by atoms with Gasteiger partial charge in [-0.25, -0.2) is 9.97 Å². The molecule has 2 aliphatic heterocycles. The molecule has 0 saturated carbocycles. The number of nitrogens with zero attached hydrogens (tertiary/aromatic N) is 4. The average Bonchev–Trinajstić information content (AvgIpc) is 2.74. The van der Waals surface area contributed by atoms with E-state index in [2.05, 4.69) is 20.3 Å². The third-order valence-electron chi connectivity index (χ3n) is 5.03. The standard InChI is InChI=1S/C19H23F3N6O2/c20-19(21,22)14-8-16(23)25-11-13(14)15-9-17(30-12-2-1-3-24-10-12)27-18(26-15)28-4-6-29-7-5-28/h8-9,11-12,24H,1-7,10H2,(H2,23,25)/t12-/m1/s1. The zero-order valence-electron chi connectivity index (χ0n) is 16.3. The number of pyridine rings is 1. The van der Waals surface area contributed by atoms with Gasteiger partial charge in [-0.15, -0.1) is 0 Å². The zero-order valence-corrected chi connectivity index (χ0v) is 16.3. The molecule has 4 heterocycles. The molecule has 0 aromatic carbocycles. The van der Waals surface area contributed by atoms with Crippen LogP contribution >= 0.6 is 0 Å². The largest absolute Gasteiger partial charge is 0.473 e. The van der Waals surface area contributed by atoms with Gasteiger partial charge >= 0.3 is 6.18 Å². The summed E-state index contributed by atoms with van der Waals surface area (Å²) >= 11 is 0. The molecule has 11 heteroatoms. The Morgan fingerprint density at radius 1 is 1.20 bits per heavy atom. The maximum atomic E-state index is 13.6. The minimum Gasteiger partial charge on any atom is -0.473 e. The van der Waals surface area contributed by atoms with Gasteiger partial charge in [0.05, 0.1) is 24.5 Å². The molecular formula is C19H23F3N6O2. The van der Waals surface area contributed by atoms with Gasteiger partial charge in [-0.05, 0) is 25.5 Å². The van der Waals surface area contributed by atoms with E-state index in [9.17, 15) is 13.2 Å². The predicted octanol–water partition coefficient (Wildman–Crippen LogP) is 2.11. The van der Waals surface area contributed by atoms with Crippen LogP contribution in [0.2, 0.25) is 0 Å². The summed E-state index contributed by atoms with van der Waals surface area (Å²) in [6, 6.07) is 2.25. The number of nitrogen functional groups attached to an aromatic ring is 1. The van der Waals surface area contributed by atoms with Gasteiger partial charge in [-0.3, -0.25) is 0 Å². The molecule has 0 amide bonds. The molecule has 4 rings (SSSR count). The highest BCUT2D eigenvalue weighted by Gasteiger charge is 2.35. The first-order chi connectivity index (χ1) is 14.4. The Balaban J connectivity index is 1.75. The van der Waals surface area contributed by atoms with Gasteiger partial charge in [0.15, 0.2) is 0 Å². The molecule has 162 valence electrons. The highest BCUT2D eigenvalue weighted by molar-refractivity contribution is 5.67. The van der Waals surface area contributed by atoms with Crippen LogP contribution in [-0.4, -0.2) is 60.4 Å². The average molecular weight is 424 g/mol. The van der Waals surface area contributed by atoms with Gasteiger partial charge in [0, 0.05) is 37.5 Å². The van der Waals surface area contributed by atoms with Crippen molar-refractivity contribution in [3.8, 4) is 17.1 Å². The van der Waals surface area contributed by atoms with E-state index in [4.69, 9.17) is 15.2 Å². The lowest BCUT2D eigenvalue weighted by Crippen LogP contribution is -2.38. The topological polar surface area (TPSA) is 98.4 Å². The van der Waals surface area contributed by atoms with Crippen molar-refractivity contribution in [2.75, 3.05) is 50.0 Å². The molecule has 1 atom stereocenters. The molecule has 30 heavy (non-hydrogen) atoms. The first-order valence-corrected chi connectivity index (χ1v) is 9.82. The maximum Gasteiger partial charge on any atom is 0.417 e. The van der Waals surface area contributed by atoms with Crippen LogP contribution in [0.1, 0.15) is 18.4 Å². The van der Waals surface area contributed by atoms with Gasteiger partial charge in [-0.2, -0.15) is 18.2 Å². The highest BCUT2D eigenvalue weighted by Crippen LogP contribution is 2.38. The highest BCUT2D eigenvalue weighted by atomic mass is 19.4. The Kier molecular flexibility index (Phi) is 5.91. The van der Waals surface area contributed by atoms with Gasteiger partial charge < -0.3 is 25.4 Å². The third-order valence-corrected chi connectivity index (χ3v) is 5.03. The number of rotatable bonds is 4. The second-order valence-corrected chi connectivity index (χ2v) is 7.23. The molecule has 0 radical (unpaired) electrons. The number of alkyl halides is 3. The van der Waals surface area contributed by atoms with Gasteiger partial charge in [0.2, 0.25) is 11.8 Å². The second-order valence-electron chi connectivity index (χ2n) is 7.23. The molecule has 2 fully saturated rings. The zero-order chi connectivity index (χ0) is 21.1. The van der Waals surface area contributed by atoms with E-state index in [1.807, 2.05) is 4.90 Å². The number of nitrogens with one attached hydrogen (secondary N) is 1. The van der Waals surface area contributed by atoms with Crippen molar-refractivity contribution >= 4 is 11.8 Å². The molecular weight excluding hydrogens is 401 g/mol. The number of aromatic nitrogens is 3. The van der Waals surface area contributed by atoms with E-state index in [1.165, 1.54) is 6.07 Å². The van der Waals surface area contributed by atoms with Crippen LogP contribution in [-0.2, 0) is 10.9 Å². The number of anilines is 2. The number of halogens is 3. The minimum atomic E-state index is -4.61. The second kappa shape index (κ2) is 8.60. The lowest BCUT2D eigenvalue weighted by Gasteiger charge is -2.28. The number of hydrogen-bond acceptors (Lipinski definition) is 8. The van der Waals surface area contributed by atoms with Crippen LogP contribution in [0.15, 0.2) is 18.3 Å². The summed E-state index contributed by atoms with van der Waals surface area (Å²) in [7, 11) is 0. The third kappa shape index (κ3) is 4.73. The lowest BCUT2D eigenvalue weighted by atomic mass is 10.1. The van der Waals surface area contributed by atoms with E-state index < -0.39 is 11.7 Å². The molecule has 8 nitrogen and oxygen atoms in total. The molecule has 0 spiro atoms. The Hall–Kier alpha value is -2.66. The monoisotopic (exact) mass is 424 g/mol. The fraction of sp³-hybridized carbons (Fsp3) is 0.526. The van der Waals surface area contributed by atoms with Crippen LogP contribution in [0.3, 0.4) is 0 Å². The van der Waals surface area contributed by atoms with E-state index in [0.717, 1.165) is 31.6 Å². The van der Waals surface area contributed by atoms with Crippen molar-refractivity contribution in [2.24, 2.45) is 0 Å². The Bertz CT molecular complexity index is 883. The number of nitrogens with two attached hydrogens (primary N) is 1. The van der Waals surface area contributed by atoms with E-state index in [-0.39, 0.29) is 29.1 Å². The van der Waals surface area contributed by atoms with Crippen LogP contribution in [0.4, 0.5) is 24.9 Å². The van der Waals surface area contributed by atoms with Crippen molar-refractivity contribution in [3.05, 3.63) is 23.9 Å². The van der Waals surface area contributed by atoms with Crippen molar-refractivity contribution in [3.63, 3.8) is 0 Å². The van der Waals surface area contributed by atoms with Crippen molar-refractivity contribution in [1.82, 2.24) is 20.3 Å². The molecule has 0 bridgehead atoms. The van der Waals surface area contributed by atoms with Gasteiger partial charge in [-0.1, -0.05) is 0 Å². The SMILES string of the molecule is Nc1cc(C(F)(F)F)c(-c2cc(O[C@@H]3CCCNC3)nc(N3CCOCC3)n2)cn1. The number of morpholine rings is 1. The summed E-state index contributed by atoms with van der Waals surface area (Å²) in [6.45, 7) is 3.64. The Labute approximate surface area is 171 Å². The summed E-state index contributed by atoms with van der Waals surface area (Å²) in [5, 5.41) is 3.25. The molecule has 0 aliphatic carbocycles. The van der Waals surface area contributed by atoms with Crippen LogP contribution in [0.25, 0.3) is 11.3 Å². The van der Waals surface area contributed by atoms with Crippen LogP contribution in [0, 0.1) is 0 Å². The van der Waals surface area contributed by atoms with E-state index >= 15 is 0 Å². The summed E-state index contributed by atoms with van der Waals surface area (Å²) in [6.07, 6.45) is -1.82. The quantitative estimate of drug-likeness (QED) is 0.770. The predicted molar refractivity (Wildman–Crippen MR) is 104 cm³/mol. The normalized spacial score (nSPS) is 20.2. The molecule has 2 aromatic heterocycles. The fourth-order valence-corrected chi connectivity index (χ4v) is 3.52. The van der Waals surface area contributed by atoms with Crippen molar-refractivity contribution < 1.29 is 22.6 Å². The summed E-state index contributed by atoms with van der Waals surface area (Å²) < 4.78 is 52.3. The molecule has 0 unspecified atom stereocenters. The first-order valence-electron chi connectivity index (χ1n) is 9.82. The van der Waals surface area contributed by atoms with Crippen molar-refractivity contribution in [1.29, 1.82) is 0 Å². The smallest absolute Gasteiger partial charge is 0.417 e. The molecule has 3 N–H and O–H groups in total. The lowest BCUT2D eigenvalue weighted by molar-refractivity contribution is -0.137. The first kappa shape index (κ1) is 20.6. The number of hydrogen-bond donors (Lipinski definition) is 2. The minimum absolute atomic E-state index is 0.0880. The van der Waals surface area contributed by atoms with E-state index in [0.29, 0.717) is 38.8 Å². The van der Waals surface area contributed by atoms with Crippen molar-refractivity contribution in [2.45, 2.75) is 25.1 Å². The maximum absolute atomic E-state index is 13.6. The molecule has 2 aromatic rings.